The molecule has 0 aromatic carbocycles. The molecule has 0 spiro atoms. The van der Waals surface area contributed by atoms with Gasteiger partial charge in [0.15, 0.2) is 0 Å². The van der Waals surface area contributed by atoms with Crippen molar-refractivity contribution in [3.8, 4) is 0 Å². The maximum atomic E-state index is 9.34. The molecule has 0 unspecified atom stereocenters. The third-order valence-corrected chi connectivity index (χ3v) is 1.61. The number of aliphatic hydroxyl groups is 1. The van der Waals surface area contributed by atoms with Gasteiger partial charge in [-0.1, -0.05) is 17.7 Å². The molecule has 0 aliphatic rings. The summed E-state index contributed by atoms with van der Waals surface area (Å²) in [5.74, 6) is 0. The topological polar surface area (TPSA) is 20.2 Å². The molecule has 0 aromatic heterocycles. The number of allylic oxidation sites excluding steroid dienone is 2. The van der Waals surface area contributed by atoms with Gasteiger partial charge in [-0.3, -0.25) is 0 Å². The van der Waals surface area contributed by atoms with Crippen molar-refractivity contribution in [1.29, 1.82) is 0 Å². The molecular weight excluding hydrogens is 124 g/mol. The second-order valence-corrected chi connectivity index (χ2v) is 2.65. The van der Waals surface area contributed by atoms with Crippen molar-refractivity contribution in [1.82, 2.24) is 0 Å². The third-order valence-electron chi connectivity index (χ3n) is 1.61. The number of rotatable bonds is 2. The van der Waals surface area contributed by atoms with Crippen LogP contribution >= 0.6 is 0 Å². The maximum absolute atomic E-state index is 9.34. The molecule has 1 N–H and O–H groups in total. The predicted octanol–water partition coefficient (Wildman–Crippen LogP) is 2.28. The predicted molar refractivity (Wildman–Crippen MR) is 44.9 cm³/mol. The van der Waals surface area contributed by atoms with Gasteiger partial charge >= 0.3 is 0 Å². The van der Waals surface area contributed by atoms with Gasteiger partial charge in [-0.25, -0.2) is 0 Å². The van der Waals surface area contributed by atoms with Gasteiger partial charge in [-0.05, 0) is 33.3 Å². The zero-order valence-corrected chi connectivity index (χ0v) is 7.18. The Bertz CT molecular complexity index is 150. The van der Waals surface area contributed by atoms with E-state index in [4.69, 9.17) is 0 Å². The highest BCUT2D eigenvalue weighted by molar-refractivity contribution is 5.17. The molecule has 1 nitrogen and oxygen atoms in total. The summed E-state index contributed by atoms with van der Waals surface area (Å²) < 4.78 is 0. The first-order valence-corrected chi connectivity index (χ1v) is 3.54. The van der Waals surface area contributed by atoms with E-state index in [0.29, 0.717) is 0 Å². The molecule has 0 bridgehead atoms. The molecule has 0 aliphatic heterocycles. The van der Waals surface area contributed by atoms with Gasteiger partial charge < -0.3 is 5.11 Å². The normalized spacial score (nSPS) is 13.7. The van der Waals surface area contributed by atoms with E-state index >= 15 is 0 Å². The van der Waals surface area contributed by atoms with Crippen LogP contribution in [-0.2, 0) is 0 Å². The van der Waals surface area contributed by atoms with Crippen molar-refractivity contribution in [3.63, 3.8) is 0 Å². The number of aliphatic hydroxyl groups excluding tert-OH is 1. The van der Waals surface area contributed by atoms with Crippen molar-refractivity contribution >= 4 is 0 Å². The molecule has 58 valence electrons. The fourth-order valence-electron chi connectivity index (χ4n) is 0.622. The van der Waals surface area contributed by atoms with E-state index in [2.05, 4.69) is 0 Å². The molecule has 0 aromatic rings. The molecule has 0 amide bonds. The van der Waals surface area contributed by atoms with E-state index in [1.807, 2.05) is 33.8 Å². The third kappa shape index (κ3) is 2.83. The minimum Gasteiger partial charge on any atom is -0.385 e. The summed E-state index contributed by atoms with van der Waals surface area (Å²) in [6, 6.07) is 0. The molecule has 0 fully saturated rings. The van der Waals surface area contributed by atoms with Crippen LogP contribution in [0.5, 0.6) is 0 Å². The first kappa shape index (κ1) is 9.44. The van der Waals surface area contributed by atoms with Crippen LogP contribution in [0.4, 0.5) is 0 Å². The van der Waals surface area contributed by atoms with Crippen LogP contribution in [0.3, 0.4) is 0 Å². The first-order valence-electron chi connectivity index (χ1n) is 3.54. The van der Waals surface area contributed by atoms with Crippen LogP contribution in [-0.4, -0.2) is 11.2 Å². The lowest BCUT2D eigenvalue weighted by atomic mass is 10.1. The Kier molecular flexibility index (Phi) is 4.05. The Balaban J connectivity index is 4.21. The second kappa shape index (κ2) is 4.29. The minimum absolute atomic E-state index is 0.394. The van der Waals surface area contributed by atoms with Gasteiger partial charge in [0.25, 0.3) is 0 Å². The number of hydrogen-bond donors (Lipinski definition) is 1. The quantitative estimate of drug-likeness (QED) is 0.583. The Morgan fingerprint density at radius 1 is 1.30 bits per heavy atom. The summed E-state index contributed by atoms with van der Waals surface area (Å²) >= 11 is 0. The highest BCUT2D eigenvalue weighted by Crippen LogP contribution is 2.08. The monoisotopic (exact) mass is 140 g/mol. The van der Waals surface area contributed by atoms with Crippen molar-refractivity contribution in [3.05, 3.63) is 23.3 Å². The molecular formula is C9H16O. The van der Waals surface area contributed by atoms with E-state index in [0.717, 1.165) is 5.57 Å². The van der Waals surface area contributed by atoms with Gasteiger partial charge in [0.05, 0.1) is 6.10 Å². The first-order chi connectivity index (χ1) is 4.59. The Morgan fingerprint density at radius 2 is 1.80 bits per heavy atom. The van der Waals surface area contributed by atoms with E-state index < -0.39 is 6.10 Å². The van der Waals surface area contributed by atoms with Gasteiger partial charge in [0, 0.05) is 0 Å². The molecule has 0 radical (unpaired) electrons. The number of hydrogen-bond acceptors (Lipinski definition) is 1. The van der Waals surface area contributed by atoms with E-state index in [9.17, 15) is 5.11 Å². The van der Waals surface area contributed by atoms with Crippen molar-refractivity contribution in [2.24, 2.45) is 0 Å². The lowest BCUT2D eigenvalue weighted by molar-refractivity contribution is 0.258. The van der Waals surface area contributed by atoms with E-state index in [1.54, 1.807) is 6.08 Å². The van der Waals surface area contributed by atoms with Crippen LogP contribution in [0, 0.1) is 0 Å². The van der Waals surface area contributed by atoms with Crippen LogP contribution in [0.25, 0.3) is 0 Å². The fraction of sp³-hybridized carbons (Fsp3) is 0.556. The average molecular weight is 140 g/mol. The summed E-state index contributed by atoms with van der Waals surface area (Å²) in [5, 5.41) is 9.34. The van der Waals surface area contributed by atoms with Gasteiger partial charge in [-0.15, -0.1) is 0 Å². The van der Waals surface area contributed by atoms with E-state index in [1.165, 1.54) is 5.57 Å². The van der Waals surface area contributed by atoms with Crippen molar-refractivity contribution in [2.75, 3.05) is 0 Å². The Morgan fingerprint density at radius 3 is 2.10 bits per heavy atom. The molecule has 0 aliphatic carbocycles. The molecule has 0 heterocycles. The summed E-state index contributed by atoms with van der Waals surface area (Å²) in [6.07, 6.45) is 3.24. The van der Waals surface area contributed by atoms with E-state index in [-0.39, 0.29) is 0 Å². The lowest BCUT2D eigenvalue weighted by Crippen LogP contribution is -2.04. The molecule has 0 saturated heterocycles. The van der Waals surface area contributed by atoms with Crippen LogP contribution in [0.2, 0.25) is 0 Å². The average Bonchev–Trinajstić information content (AvgIpc) is 1.87. The van der Waals surface area contributed by atoms with Crippen LogP contribution in [0.1, 0.15) is 27.7 Å². The SMILES string of the molecule is C/C=C\[C@H](O)C(C)=C(C)C. The lowest BCUT2D eigenvalue weighted by Gasteiger charge is -2.07. The fourth-order valence-corrected chi connectivity index (χ4v) is 0.622. The van der Waals surface area contributed by atoms with Crippen LogP contribution in [0.15, 0.2) is 23.3 Å². The molecule has 1 atom stereocenters. The van der Waals surface area contributed by atoms with Crippen molar-refractivity contribution in [2.45, 2.75) is 33.8 Å². The summed E-state index contributed by atoms with van der Waals surface area (Å²) in [7, 11) is 0. The Hall–Kier alpha value is -0.560. The van der Waals surface area contributed by atoms with Crippen molar-refractivity contribution < 1.29 is 5.11 Å². The van der Waals surface area contributed by atoms with Gasteiger partial charge in [0.2, 0.25) is 0 Å². The largest absolute Gasteiger partial charge is 0.385 e. The van der Waals surface area contributed by atoms with Crippen LogP contribution < -0.4 is 0 Å². The zero-order valence-electron chi connectivity index (χ0n) is 7.18. The minimum atomic E-state index is -0.394. The zero-order chi connectivity index (χ0) is 8.15. The standard InChI is InChI=1S/C9H16O/c1-5-6-9(10)8(4)7(2)3/h5-6,9-10H,1-4H3/b6-5-/t9-/m0/s1. The van der Waals surface area contributed by atoms with Gasteiger partial charge in [-0.2, -0.15) is 0 Å². The maximum Gasteiger partial charge on any atom is 0.0931 e. The summed E-state index contributed by atoms with van der Waals surface area (Å²) in [4.78, 5) is 0. The second-order valence-electron chi connectivity index (χ2n) is 2.65. The summed E-state index contributed by atoms with van der Waals surface area (Å²) in [5.41, 5.74) is 2.23. The summed E-state index contributed by atoms with van der Waals surface area (Å²) in [6.45, 7) is 7.85. The smallest absolute Gasteiger partial charge is 0.0931 e. The molecule has 10 heavy (non-hydrogen) atoms. The Labute approximate surface area is 63.1 Å². The molecule has 0 saturated carbocycles. The highest BCUT2D eigenvalue weighted by Gasteiger charge is 2.00. The molecule has 0 rings (SSSR count). The van der Waals surface area contributed by atoms with Gasteiger partial charge in [0.1, 0.15) is 0 Å². The molecule has 1 heteroatoms. The highest BCUT2D eigenvalue weighted by atomic mass is 16.3.